The van der Waals surface area contributed by atoms with Crippen LogP contribution in [0, 0.1) is 5.92 Å². The number of carbonyl (C=O) groups excluding carboxylic acids is 1. The van der Waals surface area contributed by atoms with Crippen LogP contribution in [0.5, 0.6) is 5.75 Å². The summed E-state index contributed by atoms with van der Waals surface area (Å²) in [5, 5.41) is 3.24. The molecule has 0 radical (unpaired) electrons. The number of hydrogen-bond donors (Lipinski definition) is 1. The first kappa shape index (κ1) is 13.5. The van der Waals surface area contributed by atoms with Crippen LogP contribution in [0.25, 0.3) is 0 Å². The normalized spacial score (nSPS) is 26.1. The van der Waals surface area contributed by atoms with E-state index >= 15 is 0 Å². The van der Waals surface area contributed by atoms with E-state index in [0.717, 1.165) is 25.0 Å². The second-order valence-corrected chi connectivity index (χ2v) is 6.07. The van der Waals surface area contributed by atoms with E-state index in [2.05, 4.69) is 17.4 Å². The summed E-state index contributed by atoms with van der Waals surface area (Å²) in [5.41, 5.74) is 1.26. The third kappa shape index (κ3) is 2.97. The lowest BCUT2D eigenvalue weighted by atomic mass is 9.95. The minimum Gasteiger partial charge on any atom is -0.497 e. The summed E-state index contributed by atoms with van der Waals surface area (Å²) in [6, 6.07) is 8.54. The van der Waals surface area contributed by atoms with Gasteiger partial charge in [0, 0.05) is 12.0 Å². The van der Waals surface area contributed by atoms with E-state index in [4.69, 9.17) is 4.74 Å². The Labute approximate surface area is 120 Å². The molecule has 20 heavy (non-hydrogen) atoms. The molecule has 1 amide bonds. The zero-order valence-electron chi connectivity index (χ0n) is 12.1. The molecule has 0 spiro atoms. The number of methoxy groups -OCH3 is 1. The third-order valence-electron chi connectivity index (χ3n) is 4.62. The topological polar surface area (TPSA) is 38.3 Å². The van der Waals surface area contributed by atoms with Crippen LogP contribution in [0.4, 0.5) is 0 Å². The summed E-state index contributed by atoms with van der Waals surface area (Å²) < 4.78 is 5.16. The Morgan fingerprint density at radius 2 is 1.85 bits per heavy atom. The van der Waals surface area contributed by atoms with Gasteiger partial charge in [-0.1, -0.05) is 31.4 Å². The third-order valence-corrected chi connectivity index (χ3v) is 4.62. The van der Waals surface area contributed by atoms with Gasteiger partial charge in [-0.15, -0.1) is 0 Å². The number of amides is 1. The SMILES string of the molecule is COc1ccc(C2CC2C(=O)NC2CCCCC2)cc1. The van der Waals surface area contributed by atoms with Gasteiger partial charge in [0.15, 0.2) is 0 Å². The van der Waals surface area contributed by atoms with Crippen molar-refractivity contribution in [2.24, 2.45) is 5.92 Å². The summed E-state index contributed by atoms with van der Waals surface area (Å²) in [6.07, 6.45) is 7.15. The maximum Gasteiger partial charge on any atom is 0.223 e. The van der Waals surface area contributed by atoms with Crippen molar-refractivity contribution in [3.63, 3.8) is 0 Å². The fraction of sp³-hybridized carbons (Fsp3) is 0.588. The zero-order chi connectivity index (χ0) is 13.9. The quantitative estimate of drug-likeness (QED) is 0.914. The Balaban J connectivity index is 1.53. The Kier molecular flexibility index (Phi) is 3.95. The highest BCUT2D eigenvalue weighted by molar-refractivity contribution is 5.83. The number of ether oxygens (including phenoxy) is 1. The molecule has 2 unspecified atom stereocenters. The fourth-order valence-electron chi connectivity index (χ4n) is 3.26. The minimum atomic E-state index is 0.185. The van der Waals surface area contributed by atoms with E-state index in [1.807, 2.05) is 12.1 Å². The molecular weight excluding hydrogens is 250 g/mol. The summed E-state index contributed by atoms with van der Waals surface area (Å²) in [6.45, 7) is 0. The lowest BCUT2D eigenvalue weighted by Crippen LogP contribution is -2.37. The summed E-state index contributed by atoms with van der Waals surface area (Å²) >= 11 is 0. The smallest absolute Gasteiger partial charge is 0.223 e. The zero-order valence-corrected chi connectivity index (χ0v) is 12.1. The average molecular weight is 273 g/mol. The molecule has 1 aromatic rings. The van der Waals surface area contributed by atoms with Crippen LogP contribution in [0.1, 0.15) is 50.0 Å². The Morgan fingerprint density at radius 3 is 2.50 bits per heavy atom. The number of hydrogen-bond acceptors (Lipinski definition) is 2. The fourth-order valence-corrected chi connectivity index (χ4v) is 3.26. The number of rotatable bonds is 4. The number of nitrogens with one attached hydrogen (secondary N) is 1. The van der Waals surface area contributed by atoms with Gasteiger partial charge in [-0.25, -0.2) is 0 Å². The van der Waals surface area contributed by atoms with Gasteiger partial charge in [-0.05, 0) is 42.9 Å². The highest BCUT2D eigenvalue weighted by Crippen LogP contribution is 2.47. The Morgan fingerprint density at radius 1 is 1.15 bits per heavy atom. The van der Waals surface area contributed by atoms with Gasteiger partial charge >= 0.3 is 0 Å². The van der Waals surface area contributed by atoms with Crippen molar-refractivity contribution >= 4 is 5.91 Å². The maximum atomic E-state index is 12.2. The van der Waals surface area contributed by atoms with Crippen LogP contribution in [-0.2, 0) is 4.79 Å². The number of benzene rings is 1. The van der Waals surface area contributed by atoms with Gasteiger partial charge in [0.1, 0.15) is 5.75 Å². The van der Waals surface area contributed by atoms with Gasteiger partial charge in [-0.2, -0.15) is 0 Å². The van der Waals surface area contributed by atoms with Crippen LogP contribution in [-0.4, -0.2) is 19.1 Å². The molecule has 3 rings (SSSR count). The van der Waals surface area contributed by atoms with E-state index in [-0.39, 0.29) is 11.8 Å². The second kappa shape index (κ2) is 5.86. The molecule has 3 nitrogen and oxygen atoms in total. The Bertz CT molecular complexity index is 462. The lowest BCUT2D eigenvalue weighted by Gasteiger charge is -2.22. The molecule has 0 saturated heterocycles. The molecule has 0 bridgehead atoms. The molecule has 2 atom stereocenters. The molecule has 2 saturated carbocycles. The molecule has 0 aliphatic heterocycles. The molecule has 2 aliphatic carbocycles. The van der Waals surface area contributed by atoms with Crippen LogP contribution in [0.2, 0.25) is 0 Å². The van der Waals surface area contributed by atoms with Crippen LogP contribution in [0.15, 0.2) is 24.3 Å². The van der Waals surface area contributed by atoms with Gasteiger partial charge in [0.25, 0.3) is 0 Å². The van der Waals surface area contributed by atoms with Gasteiger partial charge in [0.2, 0.25) is 5.91 Å². The molecule has 108 valence electrons. The molecule has 1 N–H and O–H groups in total. The first-order valence-electron chi connectivity index (χ1n) is 7.72. The van der Waals surface area contributed by atoms with Crippen molar-refractivity contribution in [3.05, 3.63) is 29.8 Å². The van der Waals surface area contributed by atoms with Crippen LogP contribution >= 0.6 is 0 Å². The predicted octanol–water partition coefficient (Wildman–Crippen LogP) is 3.25. The molecule has 2 fully saturated rings. The van der Waals surface area contributed by atoms with Crippen molar-refractivity contribution < 1.29 is 9.53 Å². The largest absolute Gasteiger partial charge is 0.497 e. The predicted molar refractivity (Wildman–Crippen MR) is 78.9 cm³/mol. The standard InChI is InChI=1S/C17H23NO2/c1-20-14-9-7-12(8-10-14)15-11-16(15)17(19)18-13-5-3-2-4-6-13/h7-10,13,15-16H,2-6,11H2,1H3,(H,18,19). The highest BCUT2D eigenvalue weighted by Gasteiger charge is 2.44. The summed E-state index contributed by atoms with van der Waals surface area (Å²) in [5.74, 6) is 1.73. The van der Waals surface area contributed by atoms with Gasteiger partial charge in [-0.3, -0.25) is 4.79 Å². The van der Waals surface area contributed by atoms with Gasteiger partial charge < -0.3 is 10.1 Å². The maximum absolute atomic E-state index is 12.2. The van der Waals surface area contributed by atoms with Crippen molar-refractivity contribution in [3.8, 4) is 5.75 Å². The lowest BCUT2D eigenvalue weighted by molar-refractivity contribution is -0.123. The Hall–Kier alpha value is -1.51. The monoisotopic (exact) mass is 273 g/mol. The molecule has 1 aromatic carbocycles. The van der Waals surface area contributed by atoms with Crippen LogP contribution in [0.3, 0.4) is 0 Å². The first-order chi connectivity index (χ1) is 9.78. The molecule has 0 heterocycles. The van der Waals surface area contributed by atoms with E-state index in [0.29, 0.717) is 12.0 Å². The summed E-state index contributed by atoms with van der Waals surface area (Å²) in [4.78, 5) is 12.2. The van der Waals surface area contributed by atoms with Crippen molar-refractivity contribution in [2.45, 2.75) is 50.5 Å². The second-order valence-electron chi connectivity index (χ2n) is 6.07. The number of carbonyl (C=O) groups is 1. The van der Waals surface area contributed by atoms with E-state index in [1.165, 1.54) is 24.8 Å². The molecule has 0 aromatic heterocycles. The average Bonchev–Trinajstić information content (AvgIpc) is 3.29. The van der Waals surface area contributed by atoms with Crippen molar-refractivity contribution in [2.75, 3.05) is 7.11 Å². The molecular formula is C17H23NO2. The molecule has 2 aliphatic rings. The van der Waals surface area contributed by atoms with Crippen LogP contribution < -0.4 is 10.1 Å². The van der Waals surface area contributed by atoms with Crippen molar-refractivity contribution in [1.82, 2.24) is 5.32 Å². The van der Waals surface area contributed by atoms with E-state index in [9.17, 15) is 4.79 Å². The van der Waals surface area contributed by atoms with Crippen molar-refractivity contribution in [1.29, 1.82) is 0 Å². The van der Waals surface area contributed by atoms with E-state index < -0.39 is 0 Å². The first-order valence-corrected chi connectivity index (χ1v) is 7.72. The van der Waals surface area contributed by atoms with E-state index in [1.54, 1.807) is 7.11 Å². The van der Waals surface area contributed by atoms with Gasteiger partial charge in [0.05, 0.1) is 7.11 Å². The molecule has 3 heteroatoms. The summed E-state index contributed by atoms with van der Waals surface area (Å²) in [7, 11) is 1.67. The minimum absolute atomic E-state index is 0.185. The highest BCUT2D eigenvalue weighted by atomic mass is 16.5.